The number of hydrogen-bond donors (Lipinski definition) is 2. The zero-order valence-corrected chi connectivity index (χ0v) is 11.1. The molecule has 2 N–H and O–H groups in total. The second-order valence-corrected chi connectivity index (χ2v) is 5.80. The highest BCUT2D eigenvalue weighted by Crippen LogP contribution is 2.45. The standard InChI is InChI=1S/C12H22N2O.ClH/c1-11(5-7-13-8-6-11)9-14-10(15)12(2)3-4-12;/h13H,3-9H2,1-2H3,(H,14,15);1H. The first kappa shape index (κ1) is 13.8. The molecule has 2 fully saturated rings. The van der Waals surface area contributed by atoms with E-state index in [1.807, 2.05) is 0 Å². The van der Waals surface area contributed by atoms with Crippen molar-refractivity contribution < 1.29 is 4.79 Å². The third-order valence-corrected chi connectivity index (χ3v) is 4.03. The van der Waals surface area contributed by atoms with Gasteiger partial charge in [-0.15, -0.1) is 12.4 Å². The molecule has 0 aromatic heterocycles. The molecule has 1 aliphatic carbocycles. The first-order valence-electron chi connectivity index (χ1n) is 6.03. The lowest BCUT2D eigenvalue weighted by atomic mass is 9.81. The minimum atomic E-state index is -0.0245. The van der Waals surface area contributed by atoms with Crippen LogP contribution in [0.1, 0.15) is 39.5 Å². The van der Waals surface area contributed by atoms with Gasteiger partial charge >= 0.3 is 0 Å². The molecule has 0 spiro atoms. The summed E-state index contributed by atoms with van der Waals surface area (Å²) in [5.41, 5.74) is 0.287. The number of halogens is 1. The van der Waals surface area contributed by atoms with E-state index in [1.54, 1.807) is 0 Å². The van der Waals surface area contributed by atoms with Crippen LogP contribution in [0.4, 0.5) is 0 Å². The summed E-state index contributed by atoms with van der Waals surface area (Å²) in [6.07, 6.45) is 4.47. The topological polar surface area (TPSA) is 41.1 Å². The second-order valence-electron chi connectivity index (χ2n) is 5.80. The third-order valence-electron chi connectivity index (χ3n) is 4.03. The summed E-state index contributed by atoms with van der Waals surface area (Å²) in [7, 11) is 0. The molecule has 3 nitrogen and oxygen atoms in total. The fraction of sp³-hybridized carbons (Fsp3) is 0.917. The van der Waals surface area contributed by atoms with Crippen LogP contribution in [0.5, 0.6) is 0 Å². The van der Waals surface area contributed by atoms with Gasteiger partial charge in [0.25, 0.3) is 0 Å². The van der Waals surface area contributed by atoms with Crippen LogP contribution in [-0.4, -0.2) is 25.5 Å². The summed E-state index contributed by atoms with van der Waals surface area (Å²) in [6.45, 7) is 7.37. The summed E-state index contributed by atoms with van der Waals surface area (Å²) in [6, 6.07) is 0. The zero-order valence-electron chi connectivity index (χ0n) is 10.3. The summed E-state index contributed by atoms with van der Waals surface area (Å²) in [5.74, 6) is 0.266. The second kappa shape index (κ2) is 4.92. The fourth-order valence-electron chi connectivity index (χ4n) is 2.13. The molecule has 1 heterocycles. The van der Waals surface area contributed by atoms with Gasteiger partial charge in [-0.3, -0.25) is 4.79 Å². The first-order chi connectivity index (χ1) is 7.04. The van der Waals surface area contributed by atoms with E-state index in [0.29, 0.717) is 5.41 Å². The Morgan fingerprint density at radius 1 is 1.19 bits per heavy atom. The van der Waals surface area contributed by atoms with Crippen LogP contribution in [0.25, 0.3) is 0 Å². The van der Waals surface area contributed by atoms with Gasteiger partial charge in [-0.25, -0.2) is 0 Å². The number of carbonyl (C=O) groups excluding carboxylic acids is 1. The number of hydrogen-bond acceptors (Lipinski definition) is 2. The molecule has 0 unspecified atom stereocenters. The van der Waals surface area contributed by atoms with Crippen LogP contribution in [0.15, 0.2) is 0 Å². The molecule has 2 aliphatic rings. The first-order valence-corrected chi connectivity index (χ1v) is 6.03. The van der Waals surface area contributed by atoms with E-state index in [-0.39, 0.29) is 23.7 Å². The molecular formula is C12H23ClN2O. The van der Waals surface area contributed by atoms with Gasteiger partial charge in [0.1, 0.15) is 0 Å². The average Bonchev–Trinajstić information content (AvgIpc) is 2.96. The Kier molecular flexibility index (Phi) is 4.24. The Hall–Kier alpha value is -0.280. The van der Waals surface area contributed by atoms with Gasteiger partial charge in [-0.1, -0.05) is 13.8 Å². The summed E-state index contributed by atoms with van der Waals surface area (Å²) >= 11 is 0. The van der Waals surface area contributed by atoms with Crippen molar-refractivity contribution in [3.63, 3.8) is 0 Å². The molecule has 16 heavy (non-hydrogen) atoms. The van der Waals surface area contributed by atoms with E-state index in [1.165, 1.54) is 12.8 Å². The van der Waals surface area contributed by atoms with Gasteiger partial charge in [0.05, 0.1) is 0 Å². The largest absolute Gasteiger partial charge is 0.355 e. The number of carbonyl (C=O) groups is 1. The monoisotopic (exact) mass is 246 g/mol. The van der Waals surface area contributed by atoms with Gasteiger partial charge in [-0.05, 0) is 44.2 Å². The van der Waals surface area contributed by atoms with E-state index in [4.69, 9.17) is 0 Å². The number of nitrogens with one attached hydrogen (secondary N) is 2. The lowest BCUT2D eigenvalue weighted by Crippen LogP contribution is -2.44. The number of piperidine rings is 1. The van der Waals surface area contributed by atoms with Gasteiger partial charge in [0.2, 0.25) is 5.91 Å². The maximum absolute atomic E-state index is 11.8. The summed E-state index contributed by atoms with van der Waals surface area (Å²) < 4.78 is 0. The van der Waals surface area contributed by atoms with Crippen LogP contribution in [0.3, 0.4) is 0 Å². The maximum atomic E-state index is 11.8. The zero-order chi connectivity index (χ0) is 10.9. The van der Waals surface area contributed by atoms with Crippen molar-refractivity contribution in [3.05, 3.63) is 0 Å². The van der Waals surface area contributed by atoms with Crippen LogP contribution in [0.2, 0.25) is 0 Å². The Morgan fingerprint density at radius 2 is 1.75 bits per heavy atom. The van der Waals surface area contributed by atoms with Crippen molar-refractivity contribution in [2.24, 2.45) is 10.8 Å². The minimum Gasteiger partial charge on any atom is -0.355 e. The highest BCUT2D eigenvalue weighted by molar-refractivity contribution is 5.85. The molecule has 1 aliphatic heterocycles. The van der Waals surface area contributed by atoms with Crippen LogP contribution >= 0.6 is 12.4 Å². The SMILES string of the molecule is CC1(CNC(=O)C2(C)CC2)CCNCC1.Cl. The fourth-order valence-corrected chi connectivity index (χ4v) is 2.13. The van der Waals surface area contributed by atoms with Crippen molar-refractivity contribution in [1.82, 2.24) is 10.6 Å². The summed E-state index contributed by atoms with van der Waals surface area (Å²) in [5, 5.41) is 6.49. The predicted molar refractivity (Wildman–Crippen MR) is 67.8 cm³/mol. The molecule has 0 aromatic carbocycles. The van der Waals surface area contributed by atoms with Gasteiger partial charge in [-0.2, -0.15) is 0 Å². The van der Waals surface area contributed by atoms with Crippen molar-refractivity contribution in [2.75, 3.05) is 19.6 Å². The molecule has 94 valence electrons. The molecule has 0 atom stereocenters. The average molecular weight is 247 g/mol. The maximum Gasteiger partial charge on any atom is 0.225 e. The highest BCUT2D eigenvalue weighted by Gasteiger charge is 2.45. The van der Waals surface area contributed by atoms with E-state index in [9.17, 15) is 4.79 Å². The number of amides is 1. The van der Waals surface area contributed by atoms with E-state index < -0.39 is 0 Å². The Bertz CT molecular complexity index is 258. The van der Waals surface area contributed by atoms with Crippen LogP contribution in [0, 0.1) is 10.8 Å². The molecule has 0 radical (unpaired) electrons. The van der Waals surface area contributed by atoms with Crippen LogP contribution in [-0.2, 0) is 4.79 Å². The molecule has 0 aromatic rings. The van der Waals surface area contributed by atoms with Crippen molar-refractivity contribution >= 4 is 18.3 Å². The van der Waals surface area contributed by atoms with Crippen molar-refractivity contribution in [3.8, 4) is 0 Å². The van der Waals surface area contributed by atoms with E-state index >= 15 is 0 Å². The normalized spacial score (nSPS) is 25.4. The Morgan fingerprint density at radius 3 is 2.25 bits per heavy atom. The van der Waals surface area contributed by atoms with Gasteiger partial charge in [0.15, 0.2) is 0 Å². The molecule has 1 saturated heterocycles. The molecular weight excluding hydrogens is 224 g/mol. The summed E-state index contributed by atoms with van der Waals surface area (Å²) in [4.78, 5) is 11.8. The quantitative estimate of drug-likeness (QED) is 0.796. The predicted octanol–water partition coefficient (Wildman–Crippen LogP) is 1.71. The lowest BCUT2D eigenvalue weighted by Gasteiger charge is -2.34. The van der Waals surface area contributed by atoms with Crippen LogP contribution < -0.4 is 10.6 Å². The molecule has 1 amide bonds. The third kappa shape index (κ3) is 3.11. The van der Waals surface area contributed by atoms with Crippen molar-refractivity contribution in [2.45, 2.75) is 39.5 Å². The smallest absolute Gasteiger partial charge is 0.225 e. The molecule has 2 rings (SSSR count). The van der Waals surface area contributed by atoms with E-state index in [2.05, 4.69) is 24.5 Å². The van der Waals surface area contributed by atoms with Gasteiger partial charge < -0.3 is 10.6 Å². The van der Waals surface area contributed by atoms with Crippen molar-refractivity contribution in [1.29, 1.82) is 0 Å². The lowest BCUT2D eigenvalue weighted by molar-refractivity contribution is -0.126. The molecule has 4 heteroatoms. The number of rotatable bonds is 3. The molecule has 1 saturated carbocycles. The highest BCUT2D eigenvalue weighted by atomic mass is 35.5. The molecule has 0 bridgehead atoms. The van der Waals surface area contributed by atoms with Gasteiger partial charge in [0, 0.05) is 12.0 Å². The minimum absolute atomic E-state index is 0. The Balaban J connectivity index is 0.00000128. The van der Waals surface area contributed by atoms with E-state index in [0.717, 1.165) is 32.5 Å². The Labute approximate surface area is 104 Å².